The standard InChI is InChI=1S/C14H18O3/c1-2-4-14-12(3-1)7-13(10-17-14)16-9-11-5-6-15-8-11/h1-4,11,13H,5-10H2. The van der Waals surface area contributed by atoms with Gasteiger partial charge < -0.3 is 14.2 Å². The summed E-state index contributed by atoms with van der Waals surface area (Å²) in [5, 5.41) is 0. The van der Waals surface area contributed by atoms with Gasteiger partial charge in [0.1, 0.15) is 12.4 Å². The van der Waals surface area contributed by atoms with Crippen molar-refractivity contribution in [2.75, 3.05) is 26.4 Å². The molecular weight excluding hydrogens is 216 g/mol. The topological polar surface area (TPSA) is 27.7 Å². The lowest BCUT2D eigenvalue weighted by atomic mass is 10.0. The zero-order valence-corrected chi connectivity index (χ0v) is 9.93. The van der Waals surface area contributed by atoms with Crippen LogP contribution in [0.3, 0.4) is 0 Å². The lowest BCUT2D eigenvalue weighted by Crippen LogP contribution is -2.30. The summed E-state index contributed by atoms with van der Waals surface area (Å²) < 4.78 is 17.0. The number of hydrogen-bond acceptors (Lipinski definition) is 3. The second-order valence-corrected chi connectivity index (χ2v) is 4.81. The molecule has 92 valence electrons. The van der Waals surface area contributed by atoms with E-state index in [9.17, 15) is 0 Å². The fourth-order valence-corrected chi connectivity index (χ4v) is 2.39. The van der Waals surface area contributed by atoms with Crippen LogP contribution in [-0.4, -0.2) is 32.5 Å². The van der Waals surface area contributed by atoms with E-state index in [0.29, 0.717) is 12.5 Å². The van der Waals surface area contributed by atoms with Crippen molar-refractivity contribution in [3.05, 3.63) is 29.8 Å². The highest BCUT2D eigenvalue weighted by Gasteiger charge is 2.22. The van der Waals surface area contributed by atoms with E-state index in [-0.39, 0.29) is 6.10 Å². The third kappa shape index (κ3) is 2.61. The molecule has 0 bridgehead atoms. The van der Waals surface area contributed by atoms with Crippen LogP contribution in [0.15, 0.2) is 24.3 Å². The third-order valence-corrected chi connectivity index (χ3v) is 3.44. The summed E-state index contributed by atoms with van der Waals surface area (Å²) in [6, 6.07) is 8.20. The predicted molar refractivity (Wildman–Crippen MR) is 64.3 cm³/mol. The highest BCUT2D eigenvalue weighted by Crippen LogP contribution is 2.25. The van der Waals surface area contributed by atoms with Crippen LogP contribution < -0.4 is 4.74 Å². The van der Waals surface area contributed by atoms with Crippen LogP contribution in [-0.2, 0) is 15.9 Å². The van der Waals surface area contributed by atoms with Crippen molar-refractivity contribution in [2.45, 2.75) is 18.9 Å². The number of ether oxygens (including phenoxy) is 3. The van der Waals surface area contributed by atoms with Crippen molar-refractivity contribution in [3.8, 4) is 5.75 Å². The molecule has 0 N–H and O–H groups in total. The molecule has 0 amide bonds. The van der Waals surface area contributed by atoms with E-state index in [2.05, 4.69) is 12.1 Å². The second kappa shape index (κ2) is 5.07. The van der Waals surface area contributed by atoms with Crippen LogP contribution in [0.5, 0.6) is 5.75 Å². The molecule has 0 radical (unpaired) electrons. The van der Waals surface area contributed by atoms with Gasteiger partial charge in [-0.1, -0.05) is 18.2 Å². The Morgan fingerprint density at radius 1 is 1.24 bits per heavy atom. The van der Waals surface area contributed by atoms with Gasteiger partial charge in [-0.2, -0.15) is 0 Å². The van der Waals surface area contributed by atoms with Crippen molar-refractivity contribution < 1.29 is 14.2 Å². The Morgan fingerprint density at radius 3 is 3.06 bits per heavy atom. The molecule has 2 aliphatic heterocycles. The molecule has 3 nitrogen and oxygen atoms in total. The molecule has 17 heavy (non-hydrogen) atoms. The lowest BCUT2D eigenvalue weighted by molar-refractivity contribution is -0.00738. The first-order chi connectivity index (χ1) is 8.42. The van der Waals surface area contributed by atoms with Gasteiger partial charge >= 0.3 is 0 Å². The number of rotatable bonds is 3. The largest absolute Gasteiger partial charge is 0.491 e. The molecule has 3 heteroatoms. The quantitative estimate of drug-likeness (QED) is 0.801. The van der Waals surface area contributed by atoms with Crippen molar-refractivity contribution in [2.24, 2.45) is 5.92 Å². The Hall–Kier alpha value is -1.06. The molecule has 0 saturated carbocycles. The minimum Gasteiger partial charge on any atom is -0.491 e. The van der Waals surface area contributed by atoms with Crippen LogP contribution in [0.25, 0.3) is 0 Å². The van der Waals surface area contributed by atoms with E-state index >= 15 is 0 Å². The maximum atomic E-state index is 5.92. The van der Waals surface area contributed by atoms with Crippen LogP contribution in [0.4, 0.5) is 0 Å². The van der Waals surface area contributed by atoms with Gasteiger partial charge in [0.15, 0.2) is 0 Å². The monoisotopic (exact) mass is 234 g/mol. The summed E-state index contributed by atoms with van der Waals surface area (Å²) in [6.07, 6.45) is 2.29. The summed E-state index contributed by atoms with van der Waals surface area (Å²) in [6.45, 7) is 3.21. The van der Waals surface area contributed by atoms with Gasteiger partial charge in [0.25, 0.3) is 0 Å². The van der Waals surface area contributed by atoms with Crippen LogP contribution >= 0.6 is 0 Å². The van der Waals surface area contributed by atoms with Crippen molar-refractivity contribution in [1.29, 1.82) is 0 Å². The van der Waals surface area contributed by atoms with Gasteiger partial charge in [-0.25, -0.2) is 0 Å². The van der Waals surface area contributed by atoms with Gasteiger partial charge in [0.2, 0.25) is 0 Å². The summed E-state index contributed by atoms with van der Waals surface area (Å²) in [4.78, 5) is 0. The number of para-hydroxylation sites is 1. The van der Waals surface area contributed by atoms with Crippen molar-refractivity contribution >= 4 is 0 Å². The van der Waals surface area contributed by atoms with Gasteiger partial charge in [0.05, 0.1) is 19.3 Å². The van der Waals surface area contributed by atoms with Crippen LogP contribution in [0.2, 0.25) is 0 Å². The zero-order chi connectivity index (χ0) is 11.5. The Balaban J connectivity index is 1.53. The minimum absolute atomic E-state index is 0.200. The molecule has 0 aliphatic carbocycles. The molecule has 2 aliphatic rings. The molecule has 1 aromatic rings. The maximum Gasteiger partial charge on any atom is 0.122 e. The van der Waals surface area contributed by atoms with Gasteiger partial charge in [0, 0.05) is 18.9 Å². The highest BCUT2D eigenvalue weighted by atomic mass is 16.5. The van der Waals surface area contributed by atoms with E-state index < -0.39 is 0 Å². The maximum absolute atomic E-state index is 5.92. The van der Waals surface area contributed by atoms with Crippen molar-refractivity contribution in [1.82, 2.24) is 0 Å². The van der Waals surface area contributed by atoms with Crippen LogP contribution in [0, 0.1) is 5.92 Å². The number of fused-ring (bicyclic) bond motifs is 1. The van der Waals surface area contributed by atoms with E-state index in [4.69, 9.17) is 14.2 Å². The molecule has 1 aromatic carbocycles. The van der Waals surface area contributed by atoms with E-state index in [1.807, 2.05) is 12.1 Å². The predicted octanol–water partition coefficient (Wildman–Crippen LogP) is 2.04. The first kappa shape index (κ1) is 11.1. The Morgan fingerprint density at radius 2 is 2.18 bits per heavy atom. The average molecular weight is 234 g/mol. The lowest BCUT2D eigenvalue weighted by Gasteiger charge is -2.26. The Bertz CT molecular complexity index is 371. The van der Waals surface area contributed by atoms with Gasteiger partial charge in [-0.15, -0.1) is 0 Å². The molecule has 1 saturated heterocycles. The first-order valence-corrected chi connectivity index (χ1v) is 6.32. The third-order valence-electron chi connectivity index (χ3n) is 3.44. The molecule has 0 aromatic heterocycles. The highest BCUT2D eigenvalue weighted by molar-refractivity contribution is 5.35. The Labute approximate surface area is 102 Å². The molecule has 2 heterocycles. The summed E-state index contributed by atoms with van der Waals surface area (Å²) in [7, 11) is 0. The van der Waals surface area contributed by atoms with Crippen molar-refractivity contribution in [3.63, 3.8) is 0 Å². The normalized spacial score (nSPS) is 27.5. The van der Waals surface area contributed by atoms with Gasteiger partial charge in [-0.3, -0.25) is 0 Å². The SMILES string of the molecule is c1ccc2c(c1)CC(OCC1CCOC1)CO2. The first-order valence-electron chi connectivity index (χ1n) is 6.32. The Kier molecular flexibility index (Phi) is 3.29. The fraction of sp³-hybridized carbons (Fsp3) is 0.571. The van der Waals surface area contributed by atoms with E-state index in [0.717, 1.165) is 38.4 Å². The summed E-state index contributed by atoms with van der Waals surface area (Å²) in [5.41, 5.74) is 1.26. The summed E-state index contributed by atoms with van der Waals surface area (Å²) in [5.74, 6) is 1.59. The molecule has 2 atom stereocenters. The molecule has 1 fully saturated rings. The molecular formula is C14H18O3. The van der Waals surface area contributed by atoms with Crippen LogP contribution in [0.1, 0.15) is 12.0 Å². The second-order valence-electron chi connectivity index (χ2n) is 4.81. The van der Waals surface area contributed by atoms with E-state index in [1.54, 1.807) is 0 Å². The number of benzene rings is 1. The molecule has 2 unspecified atom stereocenters. The van der Waals surface area contributed by atoms with E-state index in [1.165, 1.54) is 5.56 Å². The number of hydrogen-bond donors (Lipinski definition) is 0. The fourth-order valence-electron chi connectivity index (χ4n) is 2.39. The zero-order valence-electron chi connectivity index (χ0n) is 9.93. The minimum atomic E-state index is 0.200. The molecule has 0 spiro atoms. The average Bonchev–Trinajstić information content (AvgIpc) is 2.89. The summed E-state index contributed by atoms with van der Waals surface area (Å²) >= 11 is 0. The van der Waals surface area contributed by atoms with Gasteiger partial charge in [-0.05, 0) is 18.1 Å². The smallest absolute Gasteiger partial charge is 0.122 e. The molecule has 3 rings (SSSR count).